The second kappa shape index (κ2) is 8.65. The molecule has 0 unspecified atom stereocenters. The van der Waals surface area contributed by atoms with Gasteiger partial charge in [-0.05, 0) is 24.6 Å². The van der Waals surface area contributed by atoms with E-state index in [1.165, 1.54) is 11.8 Å². The van der Waals surface area contributed by atoms with E-state index in [1.54, 1.807) is 18.2 Å². The van der Waals surface area contributed by atoms with Crippen molar-refractivity contribution in [1.82, 2.24) is 15.2 Å². The number of H-pyrrole nitrogens is 1. The van der Waals surface area contributed by atoms with Crippen LogP contribution in [0.5, 0.6) is 11.5 Å². The number of aromatic nitrogens is 3. The molecule has 1 aromatic heterocycles. The predicted octanol–water partition coefficient (Wildman–Crippen LogP) is 3.10. The number of ether oxygens (including phenoxy) is 2. The van der Waals surface area contributed by atoms with Crippen LogP contribution in [0, 0.1) is 0 Å². The highest BCUT2D eigenvalue weighted by Gasteiger charge is 2.14. The number of carbonyl (C=O) groups is 1. The normalized spacial score (nSPS) is 12.7. The lowest BCUT2D eigenvalue weighted by atomic mass is 10.1. The molecule has 0 radical (unpaired) electrons. The van der Waals surface area contributed by atoms with Gasteiger partial charge in [-0.2, -0.15) is 10.1 Å². The average molecular weight is 410 g/mol. The van der Waals surface area contributed by atoms with Gasteiger partial charge >= 0.3 is 0 Å². The van der Waals surface area contributed by atoms with Crippen LogP contribution in [0.2, 0.25) is 0 Å². The molecule has 148 valence electrons. The Labute approximate surface area is 170 Å². The van der Waals surface area contributed by atoms with Crippen LogP contribution in [-0.2, 0) is 4.79 Å². The Balaban J connectivity index is 1.27. The zero-order valence-corrected chi connectivity index (χ0v) is 16.3. The quantitative estimate of drug-likeness (QED) is 0.312. The Morgan fingerprint density at radius 2 is 2.03 bits per heavy atom. The first-order valence-corrected chi connectivity index (χ1v) is 9.76. The molecule has 3 aromatic rings. The smallest absolute Gasteiger partial charge is 0.240 e. The molecule has 0 spiro atoms. The maximum Gasteiger partial charge on any atom is 0.240 e. The summed E-state index contributed by atoms with van der Waals surface area (Å²) in [6, 6.07) is 15.0. The minimum Gasteiger partial charge on any atom is -0.454 e. The molecular weight excluding hydrogens is 392 g/mol. The van der Waals surface area contributed by atoms with Gasteiger partial charge in [0.25, 0.3) is 0 Å². The number of anilines is 2. The largest absolute Gasteiger partial charge is 0.454 e. The van der Waals surface area contributed by atoms with Crippen LogP contribution < -0.4 is 20.2 Å². The van der Waals surface area contributed by atoms with Crippen molar-refractivity contribution in [2.45, 2.75) is 12.1 Å². The van der Waals surface area contributed by atoms with Crippen LogP contribution in [0.4, 0.5) is 11.6 Å². The number of fused-ring (bicyclic) bond motifs is 1. The van der Waals surface area contributed by atoms with Crippen molar-refractivity contribution < 1.29 is 14.3 Å². The molecule has 29 heavy (non-hydrogen) atoms. The first-order valence-electron chi connectivity index (χ1n) is 8.78. The van der Waals surface area contributed by atoms with Crippen molar-refractivity contribution in [2.75, 3.05) is 23.3 Å². The molecule has 10 heteroatoms. The van der Waals surface area contributed by atoms with Crippen molar-refractivity contribution in [3.63, 3.8) is 0 Å². The van der Waals surface area contributed by atoms with Crippen LogP contribution in [0.1, 0.15) is 12.5 Å². The Bertz CT molecular complexity index is 1040. The van der Waals surface area contributed by atoms with Crippen LogP contribution in [0.25, 0.3) is 0 Å². The maximum atomic E-state index is 12.2. The molecule has 1 aliphatic rings. The summed E-state index contributed by atoms with van der Waals surface area (Å²) >= 11 is 1.21. The molecule has 2 heterocycles. The highest BCUT2D eigenvalue weighted by molar-refractivity contribution is 7.99. The molecule has 0 bridgehead atoms. The Morgan fingerprint density at radius 1 is 1.21 bits per heavy atom. The summed E-state index contributed by atoms with van der Waals surface area (Å²) in [6.07, 6.45) is 0. The highest BCUT2D eigenvalue weighted by atomic mass is 32.2. The summed E-state index contributed by atoms with van der Waals surface area (Å²) in [5, 5.41) is 14.4. The predicted molar refractivity (Wildman–Crippen MR) is 111 cm³/mol. The number of hydrazone groups is 1. The molecule has 4 rings (SSSR count). The van der Waals surface area contributed by atoms with E-state index in [0.717, 1.165) is 11.3 Å². The maximum absolute atomic E-state index is 12.2. The molecule has 0 saturated heterocycles. The van der Waals surface area contributed by atoms with Gasteiger partial charge in [0.2, 0.25) is 23.8 Å². The third-order valence-electron chi connectivity index (χ3n) is 3.97. The summed E-state index contributed by atoms with van der Waals surface area (Å²) in [5.74, 6) is 1.68. The van der Waals surface area contributed by atoms with Crippen LogP contribution >= 0.6 is 11.8 Å². The standard InChI is InChI=1S/C19H18N6O3S/c1-12(13-5-3-2-4-6-13)22-23-18-21-19(25-24-18)29-10-17(26)20-14-7-8-15-16(9-14)28-11-27-15/h2-9H,10-11H2,1H3,(H,20,26)(H2,21,23,24,25)/b22-12+. The molecule has 2 aromatic carbocycles. The Hall–Kier alpha value is -3.53. The second-order valence-corrected chi connectivity index (χ2v) is 6.99. The van der Waals surface area contributed by atoms with Crippen molar-refractivity contribution >= 4 is 35.0 Å². The number of nitrogens with one attached hydrogen (secondary N) is 3. The third-order valence-corrected chi connectivity index (χ3v) is 4.82. The fourth-order valence-electron chi connectivity index (χ4n) is 2.54. The zero-order chi connectivity index (χ0) is 20.1. The monoisotopic (exact) mass is 410 g/mol. The molecule has 9 nitrogen and oxygen atoms in total. The van der Waals surface area contributed by atoms with E-state index < -0.39 is 0 Å². The van der Waals surface area contributed by atoms with Gasteiger partial charge in [0.1, 0.15) is 0 Å². The Morgan fingerprint density at radius 3 is 2.90 bits per heavy atom. The van der Waals surface area contributed by atoms with E-state index in [0.29, 0.717) is 28.3 Å². The van der Waals surface area contributed by atoms with Gasteiger partial charge in [0, 0.05) is 11.8 Å². The van der Waals surface area contributed by atoms with Crippen molar-refractivity contribution in [3.05, 3.63) is 54.1 Å². The SMILES string of the molecule is C/C(=N\Nc1nc(SCC(=O)Nc2ccc3c(c2)OCO3)n[nH]1)c1ccccc1. The fourth-order valence-corrected chi connectivity index (χ4v) is 3.14. The summed E-state index contributed by atoms with van der Waals surface area (Å²) < 4.78 is 10.6. The summed E-state index contributed by atoms with van der Waals surface area (Å²) in [7, 11) is 0. The number of nitrogens with zero attached hydrogens (tertiary/aromatic N) is 3. The minimum absolute atomic E-state index is 0.165. The van der Waals surface area contributed by atoms with Crippen molar-refractivity contribution in [1.29, 1.82) is 0 Å². The summed E-state index contributed by atoms with van der Waals surface area (Å²) in [5.41, 5.74) is 5.30. The number of thioether (sulfide) groups is 1. The molecule has 0 aliphatic carbocycles. The van der Waals surface area contributed by atoms with E-state index in [2.05, 4.69) is 31.0 Å². The lowest BCUT2D eigenvalue weighted by molar-refractivity contribution is -0.113. The second-order valence-electron chi connectivity index (χ2n) is 6.05. The number of benzene rings is 2. The first-order chi connectivity index (χ1) is 14.2. The van der Waals surface area contributed by atoms with Gasteiger partial charge in [-0.15, -0.1) is 5.10 Å². The average Bonchev–Trinajstić information content (AvgIpc) is 3.40. The molecular formula is C19H18N6O3S. The van der Waals surface area contributed by atoms with Crippen LogP contribution in [0.15, 0.2) is 58.8 Å². The molecule has 3 N–H and O–H groups in total. The number of aromatic amines is 1. The molecule has 1 aliphatic heterocycles. The minimum atomic E-state index is -0.175. The van der Waals surface area contributed by atoms with E-state index in [9.17, 15) is 4.79 Å². The summed E-state index contributed by atoms with van der Waals surface area (Å²) in [6.45, 7) is 2.09. The Kier molecular flexibility index (Phi) is 5.61. The van der Waals surface area contributed by atoms with Gasteiger partial charge in [0.05, 0.1) is 11.5 Å². The van der Waals surface area contributed by atoms with Crippen LogP contribution in [-0.4, -0.2) is 39.3 Å². The third kappa shape index (κ3) is 4.85. The fraction of sp³-hybridized carbons (Fsp3) is 0.158. The van der Waals surface area contributed by atoms with Gasteiger partial charge in [-0.1, -0.05) is 42.1 Å². The van der Waals surface area contributed by atoms with Gasteiger partial charge in [-0.25, -0.2) is 10.5 Å². The number of hydrogen-bond donors (Lipinski definition) is 3. The lowest BCUT2D eigenvalue weighted by Crippen LogP contribution is -2.14. The number of carbonyl (C=O) groups excluding carboxylic acids is 1. The molecule has 0 saturated carbocycles. The first kappa shape index (κ1) is 18.8. The van der Waals surface area contributed by atoms with Gasteiger partial charge in [-0.3, -0.25) is 4.79 Å². The van der Waals surface area contributed by atoms with E-state index in [-0.39, 0.29) is 18.5 Å². The van der Waals surface area contributed by atoms with E-state index >= 15 is 0 Å². The van der Waals surface area contributed by atoms with E-state index in [4.69, 9.17) is 9.47 Å². The molecule has 0 fully saturated rings. The number of rotatable bonds is 7. The summed E-state index contributed by atoms with van der Waals surface area (Å²) in [4.78, 5) is 16.4. The van der Waals surface area contributed by atoms with E-state index in [1.807, 2.05) is 37.3 Å². The number of hydrogen-bond acceptors (Lipinski definition) is 8. The highest BCUT2D eigenvalue weighted by Crippen LogP contribution is 2.34. The number of amides is 1. The molecule has 0 atom stereocenters. The zero-order valence-electron chi connectivity index (χ0n) is 15.5. The van der Waals surface area contributed by atoms with Crippen LogP contribution in [0.3, 0.4) is 0 Å². The molecule has 1 amide bonds. The van der Waals surface area contributed by atoms with Gasteiger partial charge < -0.3 is 14.8 Å². The van der Waals surface area contributed by atoms with Crippen molar-refractivity contribution in [2.24, 2.45) is 5.10 Å². The topological polar surface area (TPSA) is 114 Å². The lowest BCUT2D eigenvalue weighted by Gasteiger charge is -2.05. The van der Waals surface area contributed by atoms with Crippen molar-refractivity contribution in [3.8, 4) is 11.5 Å². The van der Waals surface area contributed by atoms with Gasteiger partial charge in [0.15, 0.2) is 11.5 Å².